The van der Waals surface area contributed by atoms with Gasteiger partial charge in [0, 0.05) is 6.07 Å². The number of pyridine rings is 1. The summed E-state index contributed by atoms with van der Waals surface area (Å²) < 4.78 is 5.94. The Balaban J connectivity index is 2.26. The van der Waals surface area contributed by atoms with E-state index >= 15 is 0 Å². The molecule has 0 aliphatic heterocycles. The molecule has 21 heavy (non-hydrogen) atoms. The Morgan fingerprint density at radius 3 is 2.76 bits per heavy atom. The van der Waals surface area contributed by atoms with Crippen molar-refractivity contribution in [3.8, 4) is 5.88 Å². The molecule has 0 bridgehead atoms. The maximum Gasteiger partial charge on any atom is 0.331 e. The summed E-state index contributed by atoms with van der Waals surface area (Å²) in [7, 11) is 0. The lowest BCUT2D eigenvalue weighted by atomic mass is 9.75. The van der Waals surface area contributed by atoms with E-state index in [4.69, 9.17) is 16.3 Å². The third-order valence-electron chi connectivity index (χ3n) is 4.23. The molecular weight excluding hydrogens is 292 g/mol. The summed E-state index contributed by atoms with van der Waals surface area (Å²) in [5.74, 6) is 1.46. The van der Waals surface area contributed by atoms with Crippen LogP contribution in [0.5, 0.6) is 5.88 Å². The van der Waals surface area contributed by atoms with E-state index in [1.165, 1.54) is 18.6 Å². The maximum atomic E-state index is 11.1. The zero-order chi connectivity index (χ0) is 15.6. The average Bonchev–Trinajstić information content (AvgIpc) is 2.38. The molecule has 1 saturated carbocycles. The number of nitro groups is 1. The van der Waals surface area contributed by atoms with Gasteiger partial charge in [-0.3, -0.25) is 10.1 Å². The van der Waals surface area contributed by atoms with Crippen LogP contribution < -0.4 is 4.74 Å². The molecule has 1 aromatic rings. The molecule has 1 heterocycles. The van der Waals surface area contributed by atoms with Crippen LogP contribution in [0.2, 0.25) is 5.15 Å². The molecule has 3 atom stereocenters. The Bertz CT molecular complexity index is 522. The minimum atomic E-state index is -0.477. The molecule has 116 valence electrons. The second-order valence-corrected chi connectivity index (χ2v) is 6.59. The summed E-state index contributed by atoms with van der Waals surface area (Å²) >= 11 is 5.85. The fraction of sp³-hybridized carbons (Fsp3) is 0.667. The Hall–Kier alpha value is -1.36. The number of rotatable bonds is 4. The summed E-state index contributed by atoms with van der Waals surface area (Å²) in [4.78, 5) is 14.6. The molecule has 0 amide bonds. The van der Waals surface area contributed by atoms with E-state index in [1.807, 2.05) is 0 Å². The summed E-state index contributed by atoms with van der Waals surface area (Å²) in [6.07, 6.45) is 3.11. The van der Waals surface area contributed by atoms with Crippen LogP contribution in [0.4, 0.5) is 5.69 Å². The molecule has 2 rings (SSSR count). The van der Waals surface area contributed by atoms with E-state index in [0.717, 1.165) is 12.8 Å². The third kappa shape index (κ3) is 3.84. The van der Waals surface area contributed by atoms with E-state index in [2.05, 4.69) is 25.8 Å². The quantitative estimate of drug-likeness (QED) is 0.467. The lowest BCUT2D eigenvalue weighted by molar-refractivity contribution is -0.386. The average molecular weight is 313 g/mol. The van der Waals surface area contributed by atoms with Gasteiger partial charge < -0.3 is 4.74 Å². The van der Waals surface area contributed by atoms with Crippen molar-refractivity contribution < 1.29 is 9.66 Å². The van der Waals surface area contributed by atoms with Gasteiger partial charge in [0.1, 0.15) is 11.3 Å². The highest BCUT2D eigenvalue weighted by molar-refractivity contribution is 6.29. The second-order valence-electron chi connectivity index (χ2n) is 6.20. The minimum absolute atomic E-state index is 0.0391. The number of aromatic nitrogens is 1. The summed E-state index contributed by atoms with van der Waals surface area (Å²) in [5, 5.41) is 11.3. The van der Waals surface area contributed by atoms with E-state index in [0.29, 0.717) is 17.8 Å². The van der Waals surface area contributed by atoms with Crippen molar-refractivity contribution in [2.75, 3.05) is 0 Å². The number of hydrogen-bond acceptors (Lipinski definition) is 4. The fourth-order valence-electron chi connectivity index (χ4n) is 3.03. The molecule has 0 spiro atoms. The monoisotopic (exact) mass is 312 g/mol. The number of nitrogens with zero attached hydrogens (tertiary/aromatic N) is 2. The third-order valence-corrected chi connectivity index (χ3v) is 4.44. The molecule has 0 aromatic carbocycles. The molecule has 0 radical (unpaired) electrons. The first-order valence-corrected chi connectivity index (χ1v) is 7.74. The van der Waals surface area contributed by atoms with Crippen LogP contribution in [0.15, 0.2) is 12.1 Å². The van der Waals surface area contributed by atoms with Crippen LogP contribution >= 0.6 is 11.6 Å². The molecule has 5 nitrogen and oxygen atoms in total. The molecular formula is C15H21ClN2O3. The lowest BCUT2D eigenvalue weighted by Crippen LogP contribution is -2.36. The van der Waals surface area contributed by atoms with Gasteiger partial charge in [-0.15, -0.1) is 0 Å². The van der Waals surface area contributed by atoms with Crippen molar-refractivity contribution in [2.24, 2.45) is 17.8 Å². The Labute approximate surface area is 129 Å². The predicted octanol–water partition coefficient (Wildman–Crippen LogP) is 4.48. The van der Waals surface area contributed by atoms with Crippen molar-refractivity contribution in [1.82, 2.24) is 4.98 Å². The van der Waals surface area contributed by atoms with Crippen LogP contribution in [0.3, 0.4) is 0 Å². The van der Waals surface area contributed by atoms with Crippen molar-refractivity contribution in [3.63, 3.8) is 0 Å². The van der Waals surface area contributed by atoms with Gasteiger partial charge >= 0.3 is 5.69 Å². The van der Waals surface area contributed by atoms with Crippen molar-refractivity contribution in [3.05, 3.63) is 27.4 Å². The zero-order valence-corrected chi connectivity index (χ0v) is 13.3. The molecule has 1 aromatic heterocycles. The van der Waals surface area contributed by atoms with Gasteiger partial charge in [-0.25, -0.2) is 0 Å². The SMILES string of the molecule is CC1CCC(C(C)C)C(Oc2nc(Cl)ccc2[N+](=O)[O-])C1. The van der Waals surface area contributed by atoms with E-state index in [9.17, 15) is 10.1 Å². The van der Waals surface area contributed by atoms with Crippen LogP contribution in [-0.4, -0.2) is 16.0 Å². The Kier molecular flexibility index (Phi) is 5.04. The first-order valence-electron chi connectivity index (χ1n) is 7.36. The van der Waals surface area contributed by atoms with Gasteiger partial charge in [-0.1, -0.05) is 38.8 Å². The van der Waals surface area contributed by atoms with Gasteiger partial charge in [0.05, 0.1) is 4.92 Å². The molecule has 1 aliphatic rings. The second kappa shape index (κ2) is 6.60. The van der Waals surface area contributed by atoms with E-state index in [-0.39, 0.29) is 22.8 Å². The summed E-state index contributed by atoms with van der Waals surface area (Å²) in [5.41, 5.74) is -0.125. The normalized spacial score (nSPS) is 25.9. The predicted molar refractivity (Wildman–Crippen MR) is 81.7 cm³/mol. The van der Waals surface area contributed by atoms with Crippen molar-refractivity contribution in [1.29, 1.82) is 0 Å². The Morgan fingerprint density at radius 2 is 2.14 bits per heavy atom. The first-order chi connectivity index (χ1) is 9.88. The Morgan fingerprint density at radius 1 is 1.43 bits per heavy atom. The van der Waals surface area contributed by atoms with Crippen molar-refractivity contribution in [2.45, 2.75) is 46.1 Å². The standard InChI is InChI=1S/C15H21ClN2O3/c1-9(2)11-5-4-10(3)8-13(11)21-15-12(18(19)20)6-7-14(16)17-15/h6-7,9-11,13H,4-5,8H2,1-3H3. The van der Waals surface area contributed by atoms with E-state index in [1.54, 1.807) is 0 Å². The molecule has 6 heteroatoms. The molecule has 1 aliphatic carbocycles. The van der Waals surface area contributed by atoms with Crippen LogP contribution in [0.25, 0.3) is 0 Å². The van der Waals surface area contributed by atoms with Crippen molar-refractivity contribution >= 4 is 17.3 Å². The van der Waals surface area contributed by atoms with Crippen LogP contribution in [0.1, 0.15) is 40.0 Å². The van der Waals surface area contributed by atoms with Crippen LogP contribution in [0, 0.1) is 27.9 Å². The van der Waals surface area contributed by atoms with Gasteiger partial charge in [-0.2, -0.15) is 4.98 Å². The number of ether oxygens (including phenoxy) is 1. The van der Waals surface area contributed by atoms with Gasteiger partial charge in [0.2, 0.25) is 0 Å². The summed E-state index contributed by atoms with van der Waals surface area (Å²) in [6, 6.07) is 2.76. The number of hydrogen-bond donors (Lipinski definition) is 0. The van der Waals surface area contributed by atoms with Gasteiger partial charge in [0.15, 0.2) is 0 Å². The van der Waals surface area contributed by atoms with Crippen LogP contribution in [-0.2, 0) is 0 Å². The molecule has 3 unspecified atom stereocenters. The molecule has 0 saturated heterocycles. The van der Waals surface area contributed by atoms with Gasteiger partial charge in [0.25, 0.3) is 5.88 Å². The topological polar surface area (TPSA) is 65.3 Å². The molecule has 1 fully saturated rings. The number of halogens is 1. The lowest BCUT2D eigenvalue weighted by Gasteiger charge is -2.36. The van der Waals surface area contributed by atoms with E-state index < -0.39 is 4.92 Å². The zero-order valence-electron chi connectivity index (χ0n) is 12.6. The summed E-state index contributed by atoms with van der Waals surface area (Å²) in [6.45, 7) is 6.51. The first kappa shape index (κ1) is 16.0. The maximum absolute atomic E-state index is 11.1. The largest absolute Gasteiger partial charge is 0.469 e. The smallest absolute Gasteiger partial charge is 0.331 e. The van der Waals surface area contributed by atoms with Gasteiger partial charge in [-0.05, 0) is 36.7 Å². The highest BCUT2D eigenvalue weighted by atomic mass is 35.5. The highest BCUT2D eigenvalue weighted by Gasteiger charge is 2.34. The highest BCUT2D eigenvalue weighted by Crippen LogP contribution is 2.37. The molecule has 0 N–H and O–H groups in total. The minimum Gasteiger partial charge on any atom is -0.469 e. The fourth-order valence-corrected chi connectivity index (χ4v) is 3.17.